The van der Waals surface area contributed by atoms with Crippen molar-refractivity contribution in [2.45, 2.75) is 56.7 Å². The first kappa shape index (κ1) is 18.1. The molecule has 2 heterocycles. The minimum absolute atomic E-state index is 0.162. The van der Waals surface area contributed by atoms with Gasteiger partial charge in [0, 0.05) is 36.6 Å². The number of aromatic nitrogens is 1. The summed E-state index contributed by atoms with van der Waals surface area (Å²) in [7, 11) is 0. The van der Waals surface area contributed by atoms with Gasteiger partial charge in [0.05, 0.1) is 16.1 Å². The van der Waals surface area contributed by atoms with Crippen LogP contribution >= 0.6 is 15.9 Å². The van der Waals surface area contributed by atoms with E-state index in [0.29, 0.717) is 22.1 Å². The van der Waals surface area contributed by atoms with Gasteiger partial charge in [0.1, 0.15) is 11.6 Å². The number of nitrogens with zero attached hydrogens (tertiary/aromatic N) is 2. The lowest BCUT2D eigenvalue weighted by Gasteiger charge is -2.41. The van der Waals surface area contributed by atoms with Gasteiger partial charge in [-0.2, -0.15) is 0 Å². The number of piperidine rings is 1. The lowest BCUT2D eigenvalue weighted by atomic mass is 9.89. The second-order valence-electron chi connectivity index (χ2n) is 7.53. The van der Waals surface area contributed by atoms with Gasteiger partial charge >= 0.3 is 0 Å². The Morgan fingerprint density at radius 1 is 1.12 bits per heavy atom. The molecule has 2 fully saturated rings. The zero-order valence-corrected chi connectivity index (χ0v) is 16.4. The molecule has 0 amide bonds. The number of aliphatic hydroxyl groups is 1. The van der Waals surface area contributed by atoms with Crippen LogP contribution in [0, 0.1) is 5.82 Å². The van der Waals surface area contributed by atoms with Crippen LogP contribution < -0.4 is 5.32 Å². The molecule has 4 rings (SSSR count). The van der Waals surface area contributed by atoms with Gasteiger partial charge < -0.3 is 10.4 Å². The highest BCUT2D eigenvalue weighted by atomic mass is 79.9. The van der Waals surface area contributed by atoms with Crippen LogP contribution in [0.1, 0.15) is 38.5 Å². The van der Waals surface area contributed by atoms with Crippen LogP contribution in [-0.4, -0.2) is 46.3 Å². The van der Waals surface area contributed by atoms with E-state index in [4.69, 9.17) is 0 Å². The van der Waals surface area contributed by atoms with Crippen molar-refractivity contribution in [2.24, 2.45) is 0 Å². The zero-order valence-electron chi connectivity index (χ0n) is 14.8. The van der Waals surface area contributed by atoms with Gasteiger partial charge in [-0.15, -0.1) is 0 Å². The van der Waals surface area contributed by atoms with Crippen molar-refractivity contribution in [3.05, 3.63) is 34.6 Å². The third-order valence-electron chi connectivity index (χ3n) is 5.78. The molecule has 2 N–H and O–H groups in total. The third-order valence-corrected chi connectivity index (χ3v) is 6.38. The van der Waals surface area contributed by atoms with Gasteiger partial charge in [0.15, 0.2) is 0 Å². The third kappa shape index (κ3) is 3.87. The molecular formula is C20H25BrFN3O. The number of benzene rings is 1. The Balaban J connectivity index is 1.38. The zero-order chi connectivity index (χ0) is 18.1. The van der Waals surface area contributed by atoms with E-state index in [1.807, 2.05) is 12.1 Å². The first-order valence-corrected chi connectivity index (χ1v) is 10.3. The summed E-state index contributed by atoms with van der Waals surface area (Å²) in [5.41, 5.74) is 0.665. The van der Waals surface area contributed by atoms with Crippen LogP contribution in [0.25, 0.3) is 10.9 Å². The number of nitrogens with one attached hydrogen (secondary N) is 1. The fourth-order valence-electron chi connectivity index (χ4n) is 4.30. The van der Waals surface area contributed by atoms with Crippen LogP contribution in [0.5, 0.6) is 0 Å². The molecule has 1 aliphatic carbocycles. The van der Waals surface area contributed by atoms with Crippen molar-refractivity contribution in [1.82, 2.24) is 9.88 Å². The standard InChI is InChI=1S/C20H25BrFN3O/c21-15-11-13-5-6-20(24-17(13)12-16(15)22)23-14-7-9-25(10-8-14)18-3-1-2-4-19(18)26/h5-6,11-12,14,18-19,26H,1-4,7-10H2,(H,23,24). The first-order valence-electron chi connectivity index (χ1n) is 9.54. The van der Waals surface area contributed by atoms with Crippen molar-refractivity contribution in [1.29, 1.82) is 0 Å². The maximum absolute atomic E-state index is 13.8. The van der Waals surface area contributed by atoms with E-state index in [9.17, 15) is 9.50 Å². The molecule has 1 aromatic heterocycles. The quantitative estimate of drug-likeness (QED) is 0.774. The van der Waals surface area contributed by atoms with Crippen molar-refractivity contribution >= 4 is 32.7 Å². The van der Waals surface area contributed by atoms with Gasteiger partial charge in [-0.3, -0.25) is 4.90 Å². The van der Waals surface area contributed by atoms with Gasteiger partial charge in [-0.1, -0.05) is 12.8 Å². The number of pyridine rings is 1. The molecule has 4 nitrogen and oxygen atoms in total. The molecule has 26 heavy (non-hydrogen) atoms. The number of likely N-dealkylation sites (tertiary alicyclic amines) is 1. The Hall–Kier alpha value is -1.24. The topological polar surface area (TPSA) is 48.4 Å². The summed E-state index contributed by atoms with van der Waals surface area (Å²) in [6.45, 7) is 2.02. The maximum Gasteiger partial charge on any atom is 0.139 e. The number of hydrogen-bond donors (Lipinski definition) is 2. The molecule has 1 aromatic carbocycles. The Kier molecular flexibility index (Phi) is 5.43. The predicted octanol–water partition coefficient (Wildman–Crippen LogP) is 4.32. The Morgan fingerprint density at radius 2 is 1.88 bits per heavy atom. The molecule has 2 aliphatic rings. The Bertz CT molecular complexity index is 779. The van der Waals surface area contributed by atoms with E-state index in [-0.39, 0.29) is 11.9 Å². The number of halogens is 2. The minimum atomic E-state index is -0.290. The van der Waals surface area contributed by atoms with Crippen molar-refractivity contribution in [2.75, 3.05) is 18.4 Å². The molecule has 1 saturated heterocycles. The number of aliphatic hydroxyl groups excluding tert-OH is 1. The van der Waals surface area contributed by atoms with Gasteiger partial charge in [-0.05, 0) is 59.8 Å². The Labute approximate surface area is 161 Å². The fraction of sp³-hybridized carbons (Fsp3) is 0.550. The molecule has 0 bridgehead atoms. The van der Waals surface area contributed by atoms with E-state index in [2.05, 4.69) is 31.1 Å². The number of hydrogen-bond acceptors (Lipinski definition) is 4. The molecule has 2 unspecified atom stereocenters. The van der Waals surface area contributed by atoms with Crippen LogP contribution in [-0.2, 0) is 0 Å². The van der Waals surface area contributed by atoms with E-state index in [0.717, 1.165) is 56.4 Å². The first-order chi connectivity index (χ1) is 12.6. The van der Waals surface area contributed by atoms with Gasteiger partial charge in [0.2, 0.25) is 0 Å². The molecule has 0 radical (unpaired) electrons. The number of fused-ring (bicyclic) bond motifs is 1. The second-order valence-corrected chi connectivity index (χ2v) is 8.38. The lowest BCUT2D eigenvalue weighted by molar-refractivity contribution is 0.00992. The molecule has 0 spiro atoms. The van der Waals surface area contributed by atoms with Crippen molar-refractivity contribution < 1.29 is 9.50 Å². The van der Waals surface area contributed by atoms with E-state index in [1.54, 1.807) is 6.07 Å². The minimum Gasteiger partial charge on any atom is -0.391 e. The predicted molar refractivity (Wildman–Crippen MR) is 106 cm³/mol. The molecule has 140 valence electrons. The molecule has 1 saturated carbocycles. The molecule has 2 aromatic rings. The van der Waals surface area contributed by atoms with Crippen LogP contribution in [0.15, 0.2) is 28.7 Å². The van der Waals surface area contributed by atoms with Crippen LogP contribution in [0.3, 0.4) is 0 Å². The molecule has 2 atom stereocenters. The SMILES string of the molecule is OC1CCCCC1N1CCC(Nc2ccc3cc(Br)c(F)cc3n2)CC1. The van der Waals surface area contributed by atoms with Gasteiger partial charge in [-0.25, -0.2) is 9.37 Å². The Morgan fingerprint density at radius 3 is 2.65 bits per heavy atom. The highest BCUT2D eigenvalue weighted by molar-refractivity contribution is 9.10. The smallest absolute Gasteiger partial charge is 0.139 e. The van der Waals surface area contributed by atoms with Crippen LogP contribution in [0.4, 0.5) is 10.2 Å². The van der Waals surface area contributed by atoms with E-state index >= 15 is 0 Å². The summed E-state index contributed by atoms with van der Waals surface area (Å²) in [6, 6.07) is 7.88. The average molecular weight is 422 g/mol. The molecular weight excluding hydrogens is 397 g/mol. The molecule has 6 heteroatoms. The normalized spacial score (nSPS) is 25.5. The largest absolute Gasteiger partial charge is 0.391 e. The van der Waals surface area contributed by atoms with Crippen molar-refractivity contribution in [3.8, 4) is 0 Å². The number of rotatable bonds is 3. The fourth-order valence-corrected chi connectivity index (χ4v) is 4.66. The number of anilines is 1. The van der Waals surface area contributed by atoms with Gasteiger partial charge in [0.25, 0.3) is 0 Å². The van der Waals surface area contributed by atoms with Crippen LogP contribution in [0.2, 0.25) is 0 Å². The highest BCUT2D eigenvalue weighted by Gasteiger charge is 2.31. The maximum atomic E-state index is 13.8. The van der Waals surface area contributed by atoms with E-state index < -0.39 is 0 Å². The monoisotopic (exact) mass is 421 g/mol. The summed E-state index contributed by atoms with van der Waals surface area (Å²) in [5.74, 6) is 0.511. The summed E-state index contributed by atoms with van der Waals surface area (Å²) >= 11 is 3.22. The summed E-state index contributed by atoms with van der Waals surface area (Å²) in [5, 5.41) is 14.7. The summed E-state index contributed by atoms with van der Waals surface area (Å²) in [6.07, 6.45) is 6.36. The van der Waals surface area contributed by atoms with E-state index in [1.165, 1.54) is 12.5 Å². The highest BCUT2D eigenvalue weighted by Crippen LogP contribution is 2.27. The summed E-state index contributed by atoms with van der Waals surface area (Å²) in [4.78, 5) is 7.03. The van der Waals surface area contributed by atoms with Crippen molar-refractivity contribution in [3.63, 3.8) is 0 Å². The molecule has 1 aliphatic heterocycles. The second kappa shape index (κ2) is 7.79. The average Bonchev–Trinajstić information content (AvgIpc) is 2.64. The lowest BCUT2D eigenvalue weighted by Crippen LogP contribution is -2.50. The summed E-state index contributed by atoms with van der Waals surface area (Å²) < 4.78 is 14.2.